The molecule has 0 aliphatic carbocycles. The van der Waals surface area contributed by atoms with Gasteiger partial charge in [-0.05, 0) is 0 Å². The molecule has 4 nitrogen and oxygen atoms in total. The zero-order valence-electron chi connectivity index (χ0n) is 6.56. The monoisotopic (exact) mass is 204 g/mol. The summed E-state index contributed by atoms with van der Waals surface area (Å²) in [5.74, 6) is -0.0490. The highest BCUT2D eigenvalue weighted by Crippen LogP contribution is 2.63. The maximum absolute atomic E-state index is 11.3. The third-order valence-corrected chi connectivity index (χ3v) is 5.45. The van der Waals surface area contributed by atoms with E-state index in [0.29, 0.717) is 16.9 Å². The summed E-state index contributed by atoms with van der Waals surface area (Å²) in [6.07, 6.45) is 1.19. The molecule has 1 saturated heterocycles. The Morgan fingerprint density at radius 3 is 2.83 bits per heavy atom. The van der Waals surface area contributed by atoms with Crippen LogP contribution in [0, 0.1) is 0 Å². The molecule has 0 N–H and O–H groups in total. The van der Waals surface area contributed by atoms with Crippen molar-refractivity contribution in [3.05, 3.63) is 0 Å². The number of carbonyl (C=O) groups is 2. The molecule has 0 unspecified atom stereocenters. The Balaban J connectivity index is 2.19. The average Bonchev–Trinajstić information content (AvgIpc) is 2.78. The molecule has 1 fully saturated rings. The third-order valence-electron chi connectivity index (χ3n) is 2.19. The summed E-state index contributed by atoms with van der Waals surface area (Å²) >= 11 is 0. The molecule has 1 amide bonds. The molecule has 12 heavy (non-hydrogen) atoms. The van der Waals surface area contributed by atoms with Gasteiger partial charge in [-0.2, -0.15) is 0 Å². The Kier molecular flexibility index (Phi) is 1.80. The van der Waals surface area contributed by atoms with Crippen LogP contribution >= 0.6 is 16.0 Å². The summed E-state index contributed by atoms with van der Waals surface area (Å²) in [6, 6.07) is -0.217. The van der Waals surface area contributed by atoms with Crippen LogP contribution < -0.4 is 0 Å². The summed E-state index contributed by atoms with van der Waals surface area (Å²) in [5.41, 5.74) is 0. The first kappa shape index (κ1) is 8.31. The number of amides is 1. The van der Waals surface area contributed by atoms with Gasteiger partial charge in [0.15, 0.2) is 0 Å². The predicted octanol–water partition coefficient (Wildman–Crippen LogP) is 1.32. The molecule has 2 aliphatic heterocycles. The van der Waals surface area contributed by atoms with Crippen molar-refractivity contribution in [1.82, 2.24) is 0 Å². The minimum Gasteiger partial charge on any atom is -0.465 e. The lowest BCUT2D eigenvalue weighted by molar-refractivity contribution is -0.567. The Hall–Kier alpha value is -0.300. The van der Waals surface area contributed by atoms with Crippen molar-refractivity contribution < 1.29 is 18.3 Å². The van der Waals surface area contributed by atoms with E-state index in [0.717, 1.165) is 16.0 Å². The molecule has 2 heterocycles. The van der Waals surface area contributed by atoms with Crippen LogP contribution in [0.15, 0.2) is 0 Å². The number of hydrogen-bond donors (Lipinski definition) is 0. The SMILES string of the molecule is COC(=O)[C@@H]1CCC(=O)[N+]12P=P2. The minimum absolute atomic E-state index is 0.189. The van der Waals surface area contributed by atoms with Crippen LogP contribution in [-0.4, -0.2) is 29.1 Å². The van der Waals surface area contributed by atoms with Crippen LogP contribution in [0.4, 0.5) is 0 Å². The van der Waals surface area contributed by atoms with Gasteiger partial charge in [-0.1, -0.05) is 0 Å². The average molecular weight is 204 g/mol. The second-order valence-corrected chi connectivity index (χ2v) is 5.81. The van der Waals surface area contributed by atoms with E-state index >= 15 is 0 Å². The summed E-state index contributed by atoms with van der Waals surface area (Å²) in [5, 5.41) is 0. The van der Waals surface area contributed by atoms with Crippen molar-refractivity contribution >= 4 is 27.9 Å². The number of hydrogen-bond acceptors (Lipinski definition) is 3. The second kappa shape index (κ2) is 2.59. The van der Waals surface area contributed by atoms with Gasteiger partial charge in [0.05, 0.1) is 13.5 Å². The molecule has 1 atom stereocenters. The van der Waals surface area contributed by atoms with E-state index in [-0.39, 0.29) is 17.9 Å². The summed E-state index contributed by atoms with van der Waals surface area (Å²) in [7, 11) is 3.44. The van der Waals surface area contributed by atoms with Gasteiger partial charge in [-0.25, -0.2) is 9.59 Å². The van der Waals surface area contributed by atoms with Gasteiger partial charge in [0.1, 0.15) is 0 Å². The van der Waals surface area contributed by atoms with Crippen LogP contribution in [0.1, 0.15) is 12.8 Å². The zero-order valence-corrected chi connectivity index (χ0v) is 8.35. The smallest absolute Gasteiger partial charge is 0.366 e. The molecule has 6 heteroatoms. The Morgan fingerprint density at radius 1 is 1.67 bits per heavy atom. The molecule has 2 aliphatic rings. The topological polar surface area (TPSA) is 43.4 Å². The van der Waals surface area contributed by atoms with Crippen molar-refractivity contribution in [3.63, 3.8) is 0 Å². The molecule has 0 saturated carbocycles. The van der Waals surface area contributed by atoms with Gasteiger partial charge in [-0.3, -0.25) is 0 Å². The number of methoxy groups -OCH3 is 1. The number of esters is 1. The number of ether oxygens (including phenoxy) is 1. The quantitative estimate of drug-likeness (QED) is 0.477. The van der Waals surface area contributed by atoms with Gasteiger partial charge in [0.2, 0.25) is 6.04 Å². The van der Waals surface area contributed by atoms with Crippen molar-refractivity contribution in [3.8, 4) is 0 Å². The molecule has 64 valence electrons. The Morgan fingerprint density at radius 2 is 2.33 bits per heavy atom. The highest BCUT2D eigenvalue weighted by Gasteiger charge is 2.62. The lowest BCUT2D eigenvalue weighted by Gasteiger charge is -2.12. The normalized spacial score (nSPS) is 40.1. The van der Waals surface area contributed by atoms with Crippen molar-refractivity contribution in [1.29, 1.82) is 0 Å². The van der Waals surface area contributed by atoms with Gasteiger partial charge in [0, 0.05) is 6.42 Å². The first-order valence-electron chi connectivity index (χ1n) is 3.65. The van der Waals surface area contributed by atoms with Gasteiger partial charge in [-0.15, -0.1) is 4.02 Å². The molecule has 2 rings (SSSR count). The fraction of sp³-hybridized carbons (Fsp3) is 0.667. The molecular weight excluding hydrogens is 196 g/mol. The van der Waals surface area contributed by atoms with E-state index in [4.69, 9.17) is 0 Å². The van der Waals surface area contributed by atoms with Crippen LogP contribution in [0.5, 0.6) is 0 Å². The number of nitrogens with zero attached hydrogens (tertiary/aromatic N) is 1. The molecule has 0 aromatic rings. The third kappa shape index (κ3) is 0.957. The fourth-order valence-corrected chi connectivity index (χ4v) is 4.21. The molecular formula is C6H8NO3P2+. The van der Waals surface area contributed by atoms with E-state index in [9.17, 15) is 9.59 Å². The molecule has 0 radical (unpaired) electrons. The van der Waals surface area contributed by atoms with E-state index < -0.39 is 0 Å². The summed E-state index contributed by atoms with van der Waals surface area (Å²) < 4.78 is 4.97. The lowest BCUT2D eigenvalue weighted by Crippen LogP contribution is -2.37. The van der Waals surface area contributed by atoms with E-state index in [1.165, 1.54) is 7.11 Å². The number of quaternary nitrogens is 1. The highest BCUT2D eigenvalue weighted by atomic mass is 31.8. The Bertz CT molecular complexity index is 283. The zero-order chi connectivity index (χ0) is 8.77. The highest BCUT2D eigenvalue weighted by molar-refractivity contribution is 7.91. The second-order valence-electron chi connectivity index (χ2n) is 2.80. The lowest BCUT2D eigenvalue weighted by atomic mass is 10.2. The van der Waals surface area contributed by atoms with E-state index in [2.05, 4.69) is 4.74 Å². The summed E-state index contributed by atoms with van der Waals surface area (Å²) in [4.78, 5) is 22.6. The Labute approximate surface area is 73.0 Å². The maximum Gasteiger partial charge on any atom is 0.366 e. The standard InChI is InChI=1S/C6H8NO3P2/c1-10-6(9)4-2-3-5(8)7(4)11-12-7/h4H,2-3H2,1H3/q+1/t4-/m0/s1. The van der Waals surface area contributed by atoms with Crippen LogP contribution in [0.3, 0.4) is 0 Å². The van der Waals surface area contributed by atoms with Crippen LogP contribution in [0.2, 0.25) is 0 Å². The number of carbonyl (C=O) groups excluding carboxylic acids is 2. The van der Waals surface area contributed by atoms with Crippen LogP contribution in [-0.2, 0) is 14.3 Å². The largest absolute Gasteiger partial charge is 0.465 e. The van der Waals surface area contributed by atoms with Crippen molar-refractivity contribution in [2.45, 2.75) is 18.9 Å². The first-order valence-corrected chi connectivity index (χ1v) is 6.05. The molecule has 0 aromatic heterocycles. The molecule has 0 bridgehead atoms. The maximum atomic E-state index is 11.3. The molecule has 1 spiro atoms. The predicted molar refractivity (Wildman–Crippen MR) is 44.1 cm³/mol. The summed E-state index contributed by atoms with van der Waals surface area (Å²) in [6.45, 7) is 0. The van der Waals surface area contributed by atoms with Gasteiger partial charge >= 0.3 is 11.9 Å². The fourth-order valence-electron chi connectivity index (χ4n) is 1.45. The van der Waals surface area contributed by atoms with E-state index in [1.807, 2.05) is 0 Å². The first-order chi connectivity index (χ1) is 5.70. The van der Waals surface area contributed by atoms with Crippen molar-refractivity contribution in [2.75, 3.05) is 7.11 Å². The van der Waals surface area contributed by atoms with Crippen LogP contribution in [0.25, 0.3) is 0 Å². The van der Waals surface area contributed by atoms with Gasteiger partial charge in [0.25, 0.3) is 16.0 Å². The number of rotatable bonds is 1. The van der Waals surface area contributed by atoms with Crippen molar-refractivity contribution in [2.24, 2.45) is 0 Å². The molecule has 0 aromatic carbocycles. The van der Waals surface area contributed by atoms with E-state index in [1.54, 1.807) is 0 Å². The van der Waals surface area contributed by atoms with Gasteiger partial charge < -0.3 is 4.74 Å². The minimum atomic E-state index is -0.238.